The van der Waals surface area contributed by atoms with Crippen LogP contribution in [0.25, 0.3) is 0 Å². The standard InChI is InChI=1S/C21H24N4O2.HI/c1-22-21(24-14-17-6-9-19-20(12-17)27-15-26-19)23-13-16-4-7-18(8-5-16)25-10-2-3-11-25;/h2-9,12H,10-11,13-15H2,1H3,(H2,22,23,24);1H. The van der Waals surface area contributed by atoms with E-state index in [4.69, 9.17) is 9.47 Å². The minimum absolute atomic E-state index is 0. The van der Waals surface area contributed by atoms with Gasteiger partial charge in [-0.05, 0) is 35.4 Å². The van der Waals surface area contributed by atoms with Crippen LogP contribution < -0.4 is 25.0 Å². The summed E-state index contributed by atoms with van der Waals surface area (Å²) in [6.45, 7) is 3.67. The van der Waals surface area contributed by atoms with E-state index in [1.54, 1.807) is 7.05 Å². The van der Waals surface area contributed by atoms with Crippen molar-refractivity contribution in [2.24, 2.45) is 4.99 Å². The monoisotopic (exact) mass is 492 g/mol. The second-order valence-electron chi connectivity index (χ2n) is 6.51. The van der Waals surface area contributed by atoms with Crippen molar-refractivity contribution in [2.45, 2.75) is 13.1 Å². The second-order valence-corrected chi connectivity index (χ2v) is 6.51. The van der Waals surface area contributed by atoms with Crippen LogP contribution in [0, 0.1) is 0 Å². The third kappa shape index (κ3) is 4.89. The van der Waals surface area contributed by atoms with Crippen molar-refractivity contribution in [1.82, 2.24) is 10.6 Å². The second kappa shape index (κ2) is 9.68. The number of hydrogen-bond donors (Lipinski definition) is 2. The molecule has 0 atom stereocenters. The predicted octanol–water partition coefficient (Wildman–Crippen LogP) is 3.27. The molecule has 2 aliphatic heterocycles. The van der Waals surface area contributed by atoms with Gasteiger partial charge in [0.15, 0.2) is 17.5 Å². The van der Waals surface area contributed by atoms with E-state index in [9.17, 15) is 0 Å². The van der Waals surface area contributed by atoms with Gasteiger partial charge in [0, 0.05) is 38.9 Å². The summed E-state index contributed by atoms with van der Waals surface area (Å²) in [4.78, 5) is 6.63. The summed E-state index contributed by atoms with van der Waals surface area (Å²) in [5.74, 6) is 2.36. The van der Waals surface area contributed by atoms with Crippen LogP contribution in [0.2, 0.25) is 0 Å². The Morgan fingerprint density at radius 3 is 2.29 bits per heavy atom. The summed E-state index contributed by atoms with van der Waals surface area (Å²) in [7, 11) is 1.78. The predicted molar refractivity (Wildman–Crippen MR) is 123 cm³/mol. The minimum Gasteiger partial charge on any atom is -0.454 e. The van der Waals surface area contributed by atoms with Gasteiger partial charge in [0.2, 0.25) is 6.79 Å². The first-order valence-electron chi connectivity index (χ1n) is 9.14. The molecular formula is C21H25IN4O2. The third-order valence-electron chi connectivity index (χ3n) is 4.70. The molecule has 0 unspecified atom stereocenters. The van der Waals surface area contributed by atoms with Crippen molar-refractivity contribution < 1.29 is 9.47 Å². The van der Waals surface area contributed by atoms with Crippen LogP contribution in [0.15, 0.2) is 59.6 Å². The zero-order valence-corrected chi connectivity index (χ0v) is 18.2. The summed E-state index contributed by atoms with van der Waals surface area (Å²) in [5.41, 5.74) is 3.59. The molecule has 0 saturated carbocycles. The number of hydrogen-bond acceptors (Lipinski definition) is 4. The Bertz CT molecular complexity index is 844. The van der Waals surface area contributed by atoms with Crippen molar-refractivity contribution in [3.05, 3.63) is 65.7 Å². The Morgan fingerprint density at radius 2 is 1.57 bits per heavy atom. The van der Waals surface area contributed by atoms with Crippen LogP contribution >= 0.6 is 24.0 Å². The van der Waals surface area contributed by atoms with Crippen LogP contribution in [-0.4, -0.2) is 32.9 Å². The Balaban J connectivity index is 0.00000225. The van der Waals surface area contributed by atoms with Gasteiger partial charge in [-0.25, -0.2) is 0 Å². The fourth-order valence-corrected chi connectivity index (χ4v) is 3.16. The van der Waals surface area contributed by atoms with Crippen molar-refractivity contribution in [1.29, 1.82) is 0 Å². The lowest BCUT2D eigenvalue weighted by Gasteiger charge is -2.18. The first-order chi connectivity index (χ1) is 13.3. The van der Waals surface area contributed by atoms with Gasteiger partial charge in [-0.3, -0.25) is 4.99 Å². The minimum atomic E-state index is 0. The molecule has 0 amide bonds. The van der Waals surface area contributed by atoms with Gasteiger partial charge in [0.25, 0.3) is 0 Å². The summed E-state index contributed by atoms with van der Waals surface area (Å²) < 4.78 is 10.8. The number of guanidine groups is 1. The highest BCUT2D eigenvalue weighted by molar-refractivity contribution is 14.0. The molecule has 0 saturated heterocycles. The molecule has 2 aromatic carbocycles. The summed E-state index contributed by atoms with van der Waals surface area (Å²) in [5, 5.41) is 6.68. The zero-order chi connectivity index (χ0) is 18.5. The molecular weight excluding hydrogens is 467 g/mol. The average Bonchev–Trinajstić information content (AvgIpc) is 3.40. The number of nitrogens with zero attached hydrogens (tertiary/aromatic N) is 2. The maximum atomic E-state index is 5.42. The maximum absolute atomic E-state index is 5.42. The average molecular weight is 492 g/mol. The van der Waals surface area contributed by atoms with Crippen molar-refractivity contribution in [3.63, 3.8) is 0 Å². The van der Waals surface area contributed by atoms with Crippen LogP contribution in [0.5, 0.6) is 11.5 Å². The van der Waals surface area contributed by atoms with E-state index in [1.165, 1.54) is 11.3 Å². The maximum Gasteiger partial charge on any atom is 0.231 e. The topological polar surface area (TPSA) is 58.1 Å². The number of aliphatic imine (C=N–C) groups is 1. The molecule has 2 aromatic rings. The fraction of sp³-hybridized carbons (Fsp3) is 0.286. The molecule has 0 spiro atoms. The highest BCUT2D eigenvalue weighted by atomic mass is 127. The summed E-state index contributed by atoms with van der Waals surface area (Å²) >= 11 is 0. The van der Waals surface area contributed by atoms with E-state index in [1.807, 2.05) is 18.2 Å². The number of nitrogens with one attached hydrogen (secondary N) is 2. The van der Waals surface area contributed by atoms with Crippen molar-refractivity contribution in [3.8, 4) is 11.5 Å². The Kier molecular flexibility index (Phi) is 7.02. The van der Waals surface area contributed by atoms with E-state index >= 15 is 0 Å². The molecule has 0 radical (unpaired) electrons. The Labute approximate surface area is 182 Å². The lowest BCUT2D eigenvalue weighted by Crippen LogP contribution is -2.36. The highest BCUT2D eigenvalue weighted by Gasteiger charge is 2.13. The number of anilines is 1. The first kappa shape index (κ1) is 20.3. The number of benzene rings is 2. The smallest absolute Gasteiger partial charge is 0.231 e. The molecule has 4 rings (SSSR count). The van der Waals surface area contributed by atoms with Crippen LogP contribution in [0.4, 0.5) is 5.69 Å². The van der Waals surface area contributed by atoms with E-state index in [0.29, 0.717) is 13.3 Å². The molecule has 7 heteroatoms. The van der Waals surface area contributed by atoms with Gasteiger partial charge in [-0.1, -0.05) is 30.4 Å². The molecule has 0 bridgehead atoms. The van der Waals surface area contributed by atoms with Crippen molar-refractivity contribution >= 4 is 35.6 Å². The Hall–Kier alpha value is -2.42. The van der Waals surface area contributed by atoms with E-state index in [-0.39, 0.29) is 24.0 Å². The highest BCUT2D eigenvalue weighted by Crippen LogP contribution is 2.32. The molecule has 6 nitrogen and oxygen atoms in total. The van der Waals surface area contributed by atoms with Gasteiger partial charge in [-0.15, -0.1) is 24.0 Å². The molecule has 2 aliphatic rings. The molecule has 2 heterocycles. The Morgan fingerprint density at radius 1 is 0.929 bits per heavy atom. The molecule has 148 valence electrons. The normalized spacial score (nSPS) is 14.8. The quantitative estimate of drug-likeness (QED) is 0.291. The van der Waals surface area contributed by atoms with Gasteiger partial charge in [0.05, 0.1) is 0 Å². The van der Waals surface area contributed by atoms with E-state index < -0.39 is 0 Å². The van der Waals surface area contributed by atoms with E-state index in [2.05, 4.69) is 56.9 Å². The number of rotatable bonds is 5. The van der Waals surface area contributed by atoms with Gasteiger partial charge >= 0.3 is 0 Å². The zero-order valence-electron chi connectivity index (χ0n) is 15.9. The van der Waals surface area contributed by atoms with Crippen molar-refractivity contribution in [2.75, 3.05) is 31.8 Å². The molecule has 2 N–H and O–H groups in total. The van der Waals surface area contributed by atoms with Gasteiger partial charge in [0.1, 0.15) is 0 Å². The van der Waals surface area contributed by atoms with Crippen LogP contribution in [0.1, 0.15) is 11.1 Å². The number of ether oxygens (including phenoxy) is 2. The summed E-state index contributed by atoms with van der Waals surface area (Å²) in [6.07, 6.45) is 4.40. The molecule has 28 heavy (non-hydrogen) atoms. The van der Waals surface area contributed by atoms with Gasteiger partial charge in [-0.2, -0.15) is 0 Å². The molecule has 0 aliphatic carbocycles. The van der Waals surface area contributed by atoms with Crippen LogP contribution in [0.3, 0.4) is 0 Å². The SMILES string of the molecule is CN=C(NCc1ccc(N2CC=CC2)cc1)NCc1ccc2c(c1)OCO2.I. The summed E-state index contributed by atoms with van der Waals surface area (Å²) in [6, 6.07) is 14.6. The largest absolute Gasteiger partial charge is 0.454 e. The number of fused-ring (bicyclic) bond motifs is 1. The fourth-order valence-electron chi connectivity index (χ4n) is 3.16. The number of halogens is 1. The van der Waals surface area contributed by atoms with E-state index in [0.717, 1.165) is 42.7 Å². The first-order valence-corrected chi connectivity index (χ1v) is 9.14. The molecule has 0 aromatic heterocycles. The van der Waals surface area contributed by atoms with Crippen LogP contribution in [-0.2, 0) is 13.1 Å². The lowest BCUT2D eigenvalue weighted by molar-refractivity contribution is 0.174. The third-order valence-corrected chi connectivity index (χ3v) is 4.70. The lowest BCUT2D eigenvalue weighted by atomic mass is 10.2. The molecule has 0 fully saturated rings. The van der Waals surface area contributed by atoms with Gasteiger partial charge < -0.3 is 25.0 Å².